The summed E-state index contributed by atoms with van der Waals surface area (Å²) in [5, 5.41) is 0. The summed E-state index contributed by atoms with van der Waals surface area (Å²) >= 11 is 0. The van der Waals surface area contributed by atoms with E-state index in [0.29, 0.717) is 6.10 Å². The summed E-state index contributed by atoms with van der Waals surface area (Å²) in [6.07, 6.45) is 14.9. The Hall–Kier alpha value is -0.523. The van der Waals surface area contributed by atoms with E-state index in [0.717, 1.165) is 12.8 Å². The van der Waals surface area contributed by atoms with Crippen molar-refractivity contribution in [2.75, 3.05) is 0 Å². The molecule has 1 aliphatic rings. The van der Waals surface area contributed by atoms with Gasteiger partial charge in [0.05, 0.1) is 6.10 Å². The number of allylic oxidation sites excluding steroid dienone is 1. The minimum absolute atomic E-state index is 0.294. The van der Waals surface area contributed by atoms with E-state index in [1.807, 2.05) is 0 Å². The van der Waals surface area contributed by atoms with Gasteiger partial charge < -0.3 is 4.43 Å². The minimum Gasteiger partial charge on any atom is -0.411 e. The van der Waals surface area contributed by atoms with E-state index in [-0.39, 0.29) is 0 Å². The second kappa shape index (κ2) is 6.27. The second-order valence-electron chi connectivity index (χ2n) is 5.49. The summed E-state index contributed by atoms with van der Waals surface area (Å²) in [5.74, 6) is 2.73. The Bertz CT molecular complexity index is 280. The first kappa shape index (κ1) is 13.5. The van der Waals surface area contributed by atoms with Crippen LogP contribution in [0.5, 0.6) is 0 Å². The van der Waals surface area contributed by atoms with Gasteiger partial charge >= 0.3 is 0 Å². The zero-order chi connectivity index (χ0) is 12.0. The lowest BCUT2D eigenvalue weighted by Crippen LogP contribution is -2.33. The number of hydrogen-bond acceptors (Lipinski definition) is 1. The molecule has 0 amide bonds. The molecule has 0 radical (unpaired) electrons. The first-order chi connectivity index (χ1) is 7.53. The zero-order valence-electron chi connectivity index (χ0n) is 10.9. The molecule has 0 bridgehead atoms. The van der Waals surface area contributed by atoms with Crippen molar-refractivity contribution in [2.24, 2.45) is 0 Å². The molecule has 1 rings (SSSR count). The largest absolute Gasteiger partial charge is 0.411 e. The topological polar surface area (TPSA) is 9.23 Å². The Morgan fingerprint density at radius 2 is 2.19 bits per heavy atom. The van der Waals surface area contributed by atoms with Crippen LogP contribution >= 0.6 is 0 Å². The molecule has 1 nitrogen and oxygen atoms in total. The quantitative estimate of drug-likeness (QED) is 0.396. The molecule has 0 aromatic rings. The molecule has 90 valence electrons. The van der Waals surface area contributed by atoms with Crippen LogP contribution in [-0.2, 0) is 4.43 Å². The van der Waals surface area contributed by atoms with Crippen LogP contribution < -0.4 is 0 Å². The van der Waals surface area contributed by atoms with Crippen molar-refractivity contribution in [2.45, 2.75) is 64.3 Å². The monoisotopic (exact) mass is 236 g/mol. The van der Waals surface area contributed by atoms with Crippen LogP contribution in [-0.4, -0.2) is 14.4 Å². The Morgan fingerprint density at radius 3 is 2.69 bits per heavy atom. The highest BCUT2D eigenvalue weighted by atomic mass is 28.4. The Kier molecular flexibility index (Phi) is 5.31. The van der Waals surface area contributed by atoms with E-state index < -0.39 is 8.32 Å². The standard InChI is InChI=1S/C14H24OSi/c1-5-6-12-14(15-16(2,3)4)13-10-8-7-9-11-13/h1,10,14H,6-9,11-12H2,2-4H3. The van der Waals surface area contributed by atoms with Gasteiger partial charge in [-0.1, -0.05) is 6.08 Å². The van der Waals surface area contributed by atoms with Crippen molar-refractivity contribution in [1.82, 2.24) is 0 Å². The van der Waals surface area contributed by atoms with Gasteiger partial charge in [-0.05, 0) is 57.3 Å². The normalized spacial score (nSPS) is 18.8. The van der Waals surface area contributed by atoms with E-state index in [1.165, 1.54) is 31.3 Å². The first-order valence-electron chi connectivity index (χ1n) is 6.33. The SMILES string of the molecule is C#CCCC(O[Si](C)(C)C)C1=CCCCC1. The third-order valence-electron chi connectivity index (χ3n) is 2.79. The fraction of sp³-hybridized carbons (Fsp3) is 0.714. The third kappa shape index (κ3) is 5.00. The van der Waals surface area contributed by atoms with E-state index in [9.17, 15) is 0 Å². The Morgan fingerprint density at radius 1 is 1.44 bits per heavy atom. The molecule has 0 aromatic carbocycles. The van der Waals surface area contributed by atoms with Crippen LogP contribution in [0.25, 0.3) is 0 Å². The van der Waals surface area contributed by atoms with E-state index >= 15 is 0 Å². The molecule has 0 saturated carbocycles. The molecular formula is C14H24OSi. The van der Waals surface area contributed by atoms with Crippen molar-refractivity contribution in [3.8, 4) is 12.3 Å². The molecule has 0 fully saturated rings. The van der Waals surface area contributed by atoms with Gasteiger partial charge in [0.2, 0.25) is 0 Å². The summed E-state index contributed by atoms with van der Waals surface area (Å²) in [5.41, 5.74) is 1.50. The summed E-state index contributed by atoms with van der Waals surface area (Å²) in [4.78, 5) is 0. The maximum Gasteiger partial charge on any atom is 0.184 e. The van der Waals surface area contributed by atoms with Crippen LogP contribution in [0.2, 0.25) is 19.6 Å². The van der Waals surface area contributed by atoms with Crippen LogP contribution in [0.3, 0.4) is 0 Å². The van der Waals surface area contributed by atoms with Gasteiger partial charge in [-0.3, -0.25) is 0 Å². The van der Waals surface area contributed by atoms with Crippen molar-refractivity contribution in [3.05, 3.63) is 11.6 Å². The second-order valence-corrected chi connectivity index (χ2v) is 9.95. The van der Waals surface area contributed by atoms with Crippen LogP contribution in [0, 0.1) is 12.3 Å². The molecule has 2 heteroatoms. The van der Waals surface area contributed by atoms with Gasteiger partial charge in [0.1, 0.15) is 0 Å². The minimum atomic E-state index is -1.46. The molecule has 0 heterocycles. The first-order valence-corrected chi connectivity index (χ1v) is 9.74. The van der Waals surface area contributed by atoms with Crippen molar-refractivity contribution >= 4 is 8.32 Å². The molecule has 1 aliphatic carbocycles. The predicted octanol–water partition coefficient (Wildman–Crippen LogP) is 4.12. The maximum atomic E-state index is 6.25. The third-order valence-corrected chi connectivity index (χ3v) is 3.78. The molecule has 0 spiro atoms. The lowest BCUT2D eigenvalue weighted by Gasteiger charge is -2.29. The molecule has 1 atom stereocenters. The predicted molar refractivity (Wildman–Crippen MR) is 72.8 cm³/mol. The molecule has 0 saturated heterocycles. The molecule has 0 aromatic heterocycles. The molecule has 1 unspecified atom stereocenters. The van der Waals surface area contributed by atoms with Crippen LogP contribution in [0.15, 0.2) is 11.6 Å². The van der Waals surface area contributed by atoms with Gasteiger partial charge in [-0.15, -0.1) is 12.3 Å². The van der Waals surface area contributed by atoms with Crippen LogP contribution in [0.1, 0.15) is 38.5 Å². The summed E-state index contributed by atoms with van der Waals surface area (Å²) in [7, 11) is -1.46. The van der Waals surface area contributed by atoms with Crippen LogP contribution in [0.4, 0.5) is 0 Å². The van der Waals surface area contributed by atoms with E-state index in [4.69, 9.17) is 10.8 Å². The van der Waals surface area contributed by atoms with Gasteiger partial charge in [-0.2, -0.15) is 0 Å². The fourth-order valence-electron chi connectivity index (χ4n) is 2.12. The van der Waals surface area contributed by atoms with Crippen molar-refractivity contribution < 1.29 is 4.43 Å². The summed E-state index contributed by atoms with van der Waals surface area (Å²) in [6.45, 7) is 6.75. The lowest BCUT2D eigenvalue weighted by atomic mass is 9.93. The molecule has 16 heavy (non-hydrogen) atoms. The maximum absolute atomic E-state index is 6.25. The number of hydrogen-bond donors (Lipinski definition) is 0. The van der Waals surface area contributed by atoms with Gasteiger partial charge in [-0.25, -0.2) is 0 Å². The zero-order valence-corrected chi connectivity index (χ0v) is 11.9. The molecule has 0 aliphatic heterocycles. The van der Waals surface area contributed by atoms with Crippen molar-refractivity contribution in [1.29, 1.82) is 0 Å². The Labute approximate surface area is 101 Å². The summed E-state index contributed by atoms with van der Waals surface area (Å²) in [6, 6.07) is 0. The highest BCUT2D eigenvalue weighted by Crippen LogP contribution is 2.26. The fourth-order valence-corrected chi connectivity index (χ4v) is 3.24. The van der Waals surface area contributed by atoms with Gasteiger partial charge in [0, 0.05) is 6.42 Å². The molecular weight excluding hydrogens is 212 g/mol. The smallest absolute Gasteiger partial charge is 0.184 e. The van der Waals surface area contributed by atoms with Crippen molar-refractivity contribution in [3.63, 3.8) is 0 Å². The Balaban J connectivity index is 2.62. The average molecular weight is 236 g/mol. The van der Waals surface area contributed by atoms with E-state index in [2.05, 4.69) is 31.6 Å². The van der Waals surface area contributed by atoms with Gasteiger partial charge in [0.15, 0.2) is 8.32 Å². The van der Waals surface area contributed by atoms with Gasteiger partial charge in [0.25, 0.3) is 0 Å². The number of rotatable bonds is 5. The lowest BCUT2D eigenvalue weighted by molar-refractivity contribution is 0.214. The summed E-state index contributed by atoms with van der Waals surface area (Å²) < 4.78 is 6.25. The van der Waals surface area contributed by atoms with E-state index in [1.54, 1.807) is 0 Å². The highest BCUT2D eigenvalue weighted by Gasteiger charge is 2.24. The molecule has 0 N–H and O–H groups in total. The highest BCUT2D eigenvalue weighted by molar-refractivity contribution is 6.69. The number of terminal acetylenes is 1. The average Bonchev–Trinajstić information content (AvgIpc) is 2.24.